The Kier molecular flexibility index (Phi) is 5.42. The standard InChI is InChI=1S/C14H16N2O5S/c1-11-3-5-13(6-4-11)22(18,19)21-10-12(17)9-20-14-15-7-2-8-16-14/h2-8,12,17H,9-10H2,1H3. The lowest BCUT2D eigenvalue weighted by atomic mass is 10.2. The first kappa shape index (κ1) is 16.3. The summed E-state index contributed by atoms with van der Waals surface area (Å²) in [5, 5.41) is 9.69. The van der Waals surface area contributed by atoms with Gasteiger partial charge in [-0.1, -0.05) is 17.7 Å². The lowest BCUT2D eigenvalue weighted by molar-refractivity contribution is 0.0613. The van der Waals surface area contributed by atoms with Gasteiger partial charge in [0.25, 0.3) is 10.1 Å². The Bertz CT molecular complexity index is 689. The molecule has 8 heteroatoms. The second kappa shape index (κ2) is 7.30. The minimum absolute atomic E-state index is 0.0395. The first-order valence-corrected chi connectivity index (χ1v) is 7.92. The number of aliphatic hydroxyl groups excluding tert-OH is 1. The molecule has 0 saturated heterocycles. The van der Waals surface area contributed by atoms with Gasteiger partial charge in [0.15, 0.2) is 0 Å². The van der Waals surface area contributed by atoms with Crippen molar-refractivity contribution in [2.75, 3.05) is 13.2 Å². The van der Waals surface area contributed by atoms with Crippen LogP contribution in [0.4, 0.5) is 0 Å². The van der Waals surface area contributed by atoms with Gasteiger partial charge in [-0.2, -0.15) is 8.42 Å². The van der Waals surface area contributed by atoms with Crippen LogP contribution in [-0.2, 0) is 14.3 Å². The molecule has 0 aliphatic heterocycles. The summed E-state index contributed by atoms with van der Waals surface area (Å²) in [6.45, 7) is 1.26. The second-order valence-corrected chi connectivity index (χ2v) is 6.16. The maximum atomic E-state index is 11.9. The van der Waals surface area contributed by atoms with E-state index in [0.29, 0.717) is 0 Å². The summed E-state index contributed by atoms with van der Waals surface area (Å²) in [7, 11) is -3.90. The maximum absolute atomic E-state index is 11.9. The highest BCUT2D eigenvalue weighted by molar-refractivity contribution is 7.86. The number of rotatable bonds is 7. The summed E-state index contributed by atoms with van der Waals surface area (Å²) in [6, 6.07) is 7.96. The van der Waals surface area contributed by atoms with Gasteiger partial charge in [-0.25, -0.2) is 9.97 Å². The Morgan fingerprint density at radius 1 is 1.14 bits per heavy atom. The minimum atomic E-state index is -3.90. The SMILES string of the molecule is Cc1ccc(S(=O)(=O)OCC(O)COc2ncccn2)cc1. The Morgan fingerprint density at radius 2 is 1.77 bits per heavy atom. The number of ether oxygens (including phenoxy) is 1. The smallest absolute Gasteiger partial charge is 0.316 e. The summed E-state index contributed by atoms with van der Waals surface area (Å²) in [5.74, 6) is 0. The number of aliphatic hydroxyl groups is 1. The van der Waals surface area contributed by atoms with Crippen LogP contribution in [0.5, 0.6) is 6.01 Å². The molecule has 22 heavy (non-hydrogen) atoms. The van der Waals surface area contributed by atoms with Crippen LogP contribution in [0.2, 0.25) is 0 Å². The second-order valence-electron chi connectivity index (χ2n) is 4.55. The number of aromatic nitrogens is 2. The molecule has 1 N–H and O–H groups in total. The highest BCUT2D eigenvalue weighted by Crippen LogP contribution is 2.13. The van der Waals surface area contributed by atoms with E-state index in [2.05, 4.69) is 9.97 Å². The fourth-order valence-corrected chi connectivity index (χ4v) is 2.46. The summed E-state index contributed by atoms with van der Waals surface area (Å²) in [4.78, 5) is 7.66. The minimum Gasteiger partial charge on any atom is -0.461 e. The highest BCUT2D eigenvalue weighted by atomic mass is 32.2. The van der Waals surface area contributed by atoms with Crippen molar-refractivity contribution in [2.24, 2.45) is 0 Å². The highest BCUT2D eigenvalue weighted by Gasteiger charge is 2.17. The van der Waals surface area contributed by atoms with Crippen molar-refractivity contribution in [3.63, 3.8) is 0 Å². The monoisotopic (exact) mass is 324 g/mol. The van der Waals surface area contributed by atoms with E-state index in [9.17, 15) is 13.5 Å². The van der Waals surface area contributed by atoms with Gasteiger partial charge >= 0.3 is 6.01 Å². The van der Waals surface area contributed by atoms with Gasteiger partial charge in [-0.05, 0) is 25.1 Å². The van der Waals surface area contributed by atoms with Gasteiger partial charge in [-0.15, -0.1) is 0 Å². The van der Waals surface area contributed by atoms with Gasteiger partial charge < -0.3 is 9.84 Å². The summed E-state index contributed by atoms with van der Waals surface area (Å²) >= 11 is 0. The van der Waals surface area contributed by atoms with Gasteiger partial charge in [0.05, 0.1) is 11.5 Å². The van der Waals surface area contributed by atoms with E-state index in [1.165, 1.54) is 24.5 Å². The van der Waals surface area contributed by atoms with Crippen LogP contribution in [0.25, 0.3) is 0 Å². The van der Waals surface area contributed by atoms with Crippen LogP contribution in [0.1, 0.15) is 5.56 Å². The van der Waals surface area contributed by atoms with E-state index in [1.54, 1.807) is 18.2 Å². The quantitative estimate of drug-likeness (QED) is 0.756. The number of aryl methyl sites for hydroxylation is 1. The number of hydrogen-bond donors (Lipinski definition) is 1. The molecule has 7 nitrogen and oxygen atoms in total. The molecule has 1 unspecified atom stereocenters. The fourth-order valence-electron chi connectivity index (χ4n) is 1.52. The third kappa shape index (κ3) is 4.76. The topological polar surface area (TPSA) is 98.6 Å². The van der Waals surface area contributed by atoms with Gasteiger partial charge in [-0.3, -0.25) is 4.18 Å². The van der Waals surface area contributed by atoms with E-state index in [1.807, 2.05) is 6.92 Å². The van der Waals surface area contributed by atoms with E-state index >= 15 is 0 Å². The Labute approximate surface area is 128 Å². The molecule has 0 radical (unpaired) electrons. The van der Waals surface area contributed by atoms with Crippen molar-refractivity contribution in [1.82, 2.24) is 9.97 Å². The third-order valence-electron chi connectivity index (χ3n) is 2.67. The molecule has 1 heterocycles. The van der Waals surface area contributed by atoms with Gasteiger partial charge in [0, 0.05) is 12.4 Å². The lowest BCUT2D eigenvalue weighted by Crippen LogP contribution is -2.25. The van der Waals surface area contributed by atoms with Crippen molar-refractivity contribution >= 4 is 10.1 Å². The molecule has 0 saturated carbocycles. The van der Waals surface area contributed by atoms with Crippen LogP contribution >= 0.6 is 0 Å². The molecule has 118 valence electrons. The van der Waals surface area contributed by atoms with Crippen LogP contribution in [0.3, 0.4) is 0 Å². The van der Waals surface area contributed by atoms with Crippen LogP contribution in [0.15, 0.2) is 47.6 Å². The third-order valence-corrected chi connectivity index (χ3v) is 3.97. The summed E-state index contributed by atoms with van der Waals surface area (Å²) in [5.41, 5.74) is 0.940. The van der Waals surface area contributed by atoms with Crippen molar-refractivity contribution in [3.05, 3.63) is 48.3 Å². The number of nitrogens with zero attached hydrogens (tertiary/aromatic N) is 2. The number of benzene rings is 1. The van der Waals surface area contributed by atoms with Crippen LogP contribution < -0.4 is 4.74 Å². The van der Waals surface area contributed by atoms with Gasteiger partial charge in [0.2, 0.25) is 0 Å². The first-order valence-electron chi connectivity index (χ1n) is 6.51. The molecule has 1 atom stereocenters. The Balaban J connectivity index is 1.85. The average Bonchev–Trinajstić information content (AvgIpc) is 2.52. The zero-order valence-corrected chi connectivity index (χ0v) is 12.7. The van der Waals surface area contributed by atoms with Crippen molar-refractivity contribution in [1.29, 1.82) is 0 Å². The molecule has 1 aromatic heterocycles. The molecular weight excluding hydrogens is 308 g/mol. The van der Waals surface area contributed by atoms with Gasteiger partial charge in [0.1, 0.15) is 12.7 Å². The summed E-state index contributed by atoms with van der Waals surface area (Å²) in [6.07, 6.45) is 1.86. The molecule has 0 aliphatic rings. The van der Waals surface area contributed by atoms with E-state index < -0.39 is 22.8 Å². The maximum Gasteiger partial charge on any atom is 0.316 e. The predicted molar refractivity (Wildman–Crippen MR) is 77.9 cm³/mol. The molecule has 0 amide bonds. The van der Waals surface area contributed by atoms with E-state index in [-0.39, 0.29) is 17.5 Å². The summed E-state index contributed by atoms with van der Waals surface area (Å²) < 4.78 is 33.8. The Hall–Kier alpha value is -2.03. The molecule has 0 bridgehead atoms. The van der Waals surface area contributed by atoms with E-state index in [0.717, 1.165) is 5.56 Å². The van der Waals surface area contributed by atoms with E-state index in [4.69, 9.17) is 8.92 Å². The van der Waals surface area contributed by atoms with Crippen molar-refractivity contribution in [3.8, 4) is 6.01 Å². The Morgan fingerprint density at radius 3 is 2.41 bits per heavy atom. The molecule has 2 rings (SSSR count). The normalized spacial score (nSPS) is 12.8. The average molecular weight is 324 g/mol. The zero-order valence-electron chi connectivity index (χ0n) is 11.9. The largest absolute Gasteiger partial charge is 0.461 e. The molecule has 0 fully saturated rings. The molecular formula is C14H16N2O5S. The molecule has 1 aromatic carbocycles. The molecule has 0 spiro atoms. The lowest BCUT2D eigenvalue weighted by Gasteiger charge is -2.11. The fraction of sp³-hybridized carbons (Fsp3) is 0.286. The number of hydrogen-bond acceptors (Lipinski definition) is 7. The predicted octanol–water partition coefficient (Wildman–Crippen LogP) is 0.930. The van der Waals surface area contributed by atoms with Crippen molar-refractivity contribution < 1.29 is 22.4 Å². The molecule has 0 aliphatic carbocycles. The van der Waals surface area contributed by atoms with Crippen LogP contribution in [-0.4, -0.2) is 42.8 Å². The van der Waals surface area contributed by atoms with Crippen molar-refractivity contribution in [2.45, 2.75) is 17.9 Å². The molecule has 2 aromatic rings. The first-order chi connectivity index (χ1) is 10.5. The zero-order chi connectivity index (χ0) is 16.0. The van der Waals surface area contributed by atoms with Crippen LogP contribution in [0, 0.1) is 6.92 Å².